The Kier molecular flexibility index (Phi) is 9.00. The van der Waals surface area contributed by atoms with Crippen molar-refractivity contribution in [2.24, 2.45) is 0 Å². The molecule has 2 rings (SSSR count). The molecule has 0 saturated carbocycles. The summed E-state index contributed by atoms with van der Waals surface area (Å²) in [6.45, 7) is 18.6. The van der Waals surface area contributed by atoms with E-state index in [1.807, 2.05) is 27.7 Å². The van der Waals surface area contributed by atoms with Gasteiger partial charge in [0.15, 0.2) is 0 Å². The minimum Gasteiger partial charge on any atom is -0.491 e. The third-order valence-electron chi connectivity index (χ3n) is 6.25. The maximum atomic E-state index is 6.38. The van der Waals surface area contributed by atoms with E-state index >= 15 is 0 Å². The molecule has 2 aromatic rings. The summed E-state index contributed by atoms with van der Waals surface area (Å²) in [5.41, 5.74) is 2.53. The summed E-state index contributed by atoms with van der Waals surface area (Å²) in [7, 11) is 0. The van der Waals surface area contributed by atoms with Crippen molar-refractivity contribution < 1.29 is 14.2 Å². The molecule has 0 amide bonds. The van der Waals surface area contributed by atoms with Crippen LogP contribution in [0.2, 0.25) is 0 Å². The molecule has 0 aliphatic carbocycles. The van der Waals surface area contributed by atoms with Crippen LogP contribution in [0.4, 0.5) is 0 Å². The molecule has 0 radical (unpaired) electrons. The van der Waals surface area contributed by atoms with Crippen LogP contribution in [0.5, 0.6) is 11.5 Å². The number of hydrogen-bond donors (Lipinski definition) is 0. The number of benzene rings is 2. The lowest BCUT2D eigenvalue weighted by molar-refractivity contribution is 0.0510. The van der Waals surface area contributed by atoms with Gasteiger partial charge in [-0.3, -0.25) is 0 Å². The Morgan fingerprint density at radius 3 is 1.19 bits per heavy atom. The first-order valence-electron chi connectivity index (χ1n) is 11.7. The lowest BCUT2D eigenvalue weighted by atomic mass is 9.79. The van der Waals surface area contributed by atoms with Gasteiger partial charge in [0.1, 0.15) is 11.5 Å². The van der Waals surface area contributed by atoms with Crippen LogP contribution in [-0.2, 0) is 15.6 Å². The summed E-state index contributed by atoms with van der Waals surface area (Å²) in [5.74, 6) is 1.84. The molecule has 0 aliphatic heterocycles. The fraction of sp³-hybridized carbons (Fsp3) is 0.571. The van der Waals surface area contributed by atoms with Crippen LogP contribution in [0.15, 0.2) is 48.5 Å². The van der Waals surface area contributed by atoms with Gasteiger partial charge >= 0.3 is 0 Å². The average molecular weight is 427 g/mol. The van der Waals surface area contributed by atoms with Crippen molar-refractivity contribution in [3.63, 3.8) is 0 Å². The fourth-order valence-electron chi connectivity index (χ4n) is 3.70. The van der Waals surface area contributed by atoms with Gasteiger partial charge in [-0.15, -0.1) is 0 Å². The third-order valence-corrected chi connectivity index (χ3v) is 6.25. The van der Waals surface area contributed by atoms with Crippen molar-refractivity contribution >= 4 is 0 Å². The molecule has 172 valence electrons. The molecule has 0 saturated heterocycles. The van der Waals surface area contributed by atoms with Crippen LogP contribution in [0.25, 0.3) is 0 Å². The first kappa shape index (κ1) is 25.3. The predicted octanol–water partition coefficient (Wildman–Crippen LogP) is 7.31. The zero-order valence-electron chi connectivity index (χ0n) is 20.8. The Bertz CT molecular complexity index is 711. The molecule has 0 aliphatic rings. The normalized spacial score (nSPS) is 15.5. The molecule has 3 nitrogen and oxygen atoms in total. The second kappa shape index (κ2) is 11.0. The van der Waals surface area contributed by atoms with Gasteiger partial charge in [0.2, 0.25) is 0 Å². The molecule has 31 heavy (non-hydrogen) atoms. The molecule has 0 fully saturated rings. The first-order valence-corrected chi connectivity index (χ1v) is 11.7. The van der Waals surface area contributed by atoms with Crippen molar-refractivity contribution in [1.29, 1.82) is 0 Å². The lowest BCUT2D eigenvalue weighted by Gasteiger charge is -2.33. The largest absolute Gasteiger partial charge is 0.491 e. The van der Waals surface area contributed by atoms with Gasteiger partial charge in [-0.25, -0.2) is 0 Å². The van der Waals surface area contributed by atoms with Crippen LogP contribution in [-0.4, -0.2) is 25.4 Å². The molecular weight excluding hydrogens is 384 g/mol. The molecule has 2 unspecified atom stereocenters. The van der Waals surface area contributed by atoms with E-state index in [-0.39, 0.29) is 23.0 Å². The smallest absolute Gasteiger partial charge is 0.119 e. The third kappa shape index (κ3) is 7.00. The standard InChI is InChI=1S/C28H42O3/c1-9-27(7,23-11-15-25(16-12-23)30-21(3)4)19-29-20-28(8,10-2)24-13-17-26(18-14-24)31-22(5)6/h11-18,21-22H,9-10,19-20H2,1-8H3. The molecule has 0 spiro atoms. The van der Waals surface area contributed by atoms with E-state index in [4.69, 9.17) is 14.2 Å². The van der Waals surface area contributed by atoms with Gasteiger partial charge in [-0.05, 0) is 75.9 Å². The highest BCUT2D eigenvalue weighted by Gasteiger charge is 2.29. The SMILES string of the molecule is CCC(C)(COCC(C)(CC)c1ccc(OC(C)C)cc1)c1ccc(OC(C)C)cc1. The second-order valence-corrected chi connectivity index (χ2v) is 9.70. The second-order valence-electron chi connectivity index (χ2n) is 9.70. The van der Waals surface area contributed by atoms with Crippen molar-refractivity contribution in [3.05, 3.63) is 59.7 Å². The highest BCUT2D eigenvalue weighted by atomic mass is 16.5. The zero-order chi connectivity index (χ0) is 23.1. The maximum Gasteiger partial charge on any atom is 0.119 e. The van der Waals surface area contributed by atoms with Gasteiger partial charge in [-0.2, -0.15) is 0 Å². The average Bonchev–Trinajstić information content (AvgIpc) is 2.73. The van der Waals surface area contributed by atoms with E-state index in [0.29, 0.717) is 13.2 Å². The molecule has 2 atom stereocenters. The molecule has 0 aromatic heterocycles. The van der Waals surface area contributed by atoms with Crippen LogP contribution in [0.3, 0.4) is 0 Å². The lowest BCUT2D eigenvalue weighted by Crippen LogP contribution is -2.33. The molecule has 2 aromatic carbocycles. The van der Waals surface area contributed by atoms with Gasteiger partial charge in [-0.1, -0.05) is 52.0 Å². The number of ether oxygens (including phenoxy) is 3. The van der Waals surface area contributed by atoms with E-state index in [0.717, 1.165) is 24.3 Å². The van der Waals surface area contributed by atoms with Gasteiger partial charge in [0.05, 0.1) is 25.4 Å². The molecule has 0 N–H and O–H groups in total. The van der Waals surface area contributed by atoms with E-state index in [1.165, 1.54) is 11.1 Å². The van der Waals surface area contributed by atoms with Gasteiger partial charge in [0, 0.05) is 10.8 Å². The Morgan fingerprint density at radius 1 is 0.613 bits per heavy atom. The quantitative estimate of drug-likeness (QED) is 0.356. The summed E-state index contributed by atoms with van der Waals surface area (Å²) in [6, 6.07) is 17.0. The summed E-state index contributed by atoms with van der Waals surface area (Å²) >= 11 is 0. The zero-order valence-corrected chi connectivity index (χ0v) is 20.8. The van der Waals surface area contributed by atoms with E-state index in [2.05, 4.69) is 76.2 Å². The molecule has 0 heterocycles. The van der Waals surface area contributed by atoms with Crippen molar-refractivity contribution in [3.8, 4) is 11.5 Å². The monoisotopic (exact) mass is 426 g/mol. The first-order chi connectivity index (χ1) is 14.6. The van der Waals surface area contributed by atoms with Crippen LogP contribution in [0, 0.1) is 0 Å². The summed E-state index contributed by atoms with van der Waals surface area (Å²) in [5, 5.41) is 0. The van der Waals surface area contributed by atoms with Gasteiger partial charge in [0.25, 0.3) is 0 Å². The topological polar surface area (TPSA) is 27.7 Å². The highest BCUT2D eigenvalue weighted by Crippen LogP contribution is 2.33. The van der Waals surface area contributed by atoms with Crippen molar-refractivity contribution in [2.45, 2.75) is 91.3 Å². The Hall–Kier alpha value is -2.00. The number of rotatable bonds is 12. The van der Waals surface area contributed by atoms with E-state index < -0.39 is 0 Å². The predicted molar refractivity (Wildman–Crippen MR) is 131 cm³/mol. The van der Waals surface area contributed by atoms with Crippen molar-refractivity contribution in [2.75, 3.05) is 13.2 Å². The minimum absolute atomic E-state index is 0.0278. The Balaban J connectivity index is 2.05. The molecular formula is C28H42O3. The van der Waals surface area contributed by atoms with Crippen molar-refractivity contribution in [1.82, 2.24) is 0 Å². The molecule has 3 heteroatoms. The van der Waals surface area contributed by atoms with E-state index in [9.17, 15) is 0 Å². The van der Waals surface area contributed by atoms with E-state index in [1.54, 1.807) is 0 Å². The van der Waals surface area contributed by atoms with Crippen LogP contribution < -0.4 is 9.47 Å². The maximum absolute atomic E-state index is 6.38. The highest BCUT2D eigenvalue weighted by molar-refractivity contribution is 5.33. The Labute approximate surface area is 190 Å². The summed E-state index contributed by atoms with van der Waals surface area (Å²) in [4.78, 5) is 0. The van der Waals surface area contributed by atoms with Crippen LogP contribution in [0.1, 0.15) is 79.4 Å². The summed E-state index contributed by atoms with van der Waals surface area (Å²) < 4.78 is 18.0. The van der Waals surface area contributed by atoms with Gasteiger partial charge < -0.3 is 14.2 Å². The number of hydrogen-bond acceptors (Lipinski definition) is 3. The Morgan fingerprint density at radius 2 is 0.935 bits per heavy atom. The summed E-state index contributed by atoms with van der Waals surface area (Å²) in [6.07, 6.45) is 2.40. The van der Waals surface area contributed by atoms with Crippen LogP contribution >= 0.6 is 0 Å². The fourth-order valence-corrected chi connectivity index (χ4v) is 3.70. The minimum atomic E-state index is -0.0278. The molecule has 0 bridgehead atoms.